The number of nitrogens with zero attached hydrogens (tertiary/aromatic N) is 3. The fourth-order valence-corrected chi connectivity index (χ4v) is 2.37. The zero-order valence-electron chi connectivity index (χ0n) is 6.35. The fraction of sp³-hybridized carbons (Fsp3) is 0. The molecule has 2 aromatic heterocycles. The average molecular weight is 305 g/mol. The lowest BCUT2D eigenvalue weighted by molar-refractivity contribution is 0.112. The molecule has 2 rings (SSSR count). The summed E-state index contributed by atoms with van der Waals surface area (Å²) in [4.78, 5) is 18.6. The van der Waals surface area contributed by atoms with E-state index < -0.39 is 0 Å². The quantitative estimate of drug-likeness (QED) is 0.630. The van der Waals surface area contributed by atoms with Gasteiger partial charge in [-0.1, -0.05) is 0 Å². The van der Waals surface area contributed by atoms with Gasteiger partial charge in [-0.2, -0.15) is 0 Å². The van der Waals surface area contributed by atoms with Crippen LogP contribution in [0.1, 0.15) is 10.5 Å². The summed E-state index contributed by atoms with van der Waals surface area (Å²) in [5.74, 6) is 0. The van der Waals surface area contributed by atoms with E-state index in [0.717, 1.165) is 17.3 Å². The van der Waals surface area contributed by atoms with Gasteiger partial charge >= 0.3 is 0 Å². The van der Waals surface area contributed by atoms with Gasteiger partial charge in [0.05, 0.1) is 0 Å². The number of hydrogen-bond acceptors (Lipinski definition) is 4. The van der Waals surface area contributed by atoms with Crippen molar-refractivity contribution in [2.24, 2.45) is 0 Å². The molecule has 0 spiro atoms. The third-order valence-corrected chi connectivity index (χ3v) is 3.38. The highest BCUT2D eigenvalue weighted by atomic mass is 127. The number of rotatable bonds is 2. The van der Waals surface area contributed by atoms with E-state index in [1.165, 1.54) is 15.4 Å². The van der Waals surface area contributed by atoms with E-state index in [0.29, 0.717) is 5.69 Å². The van der Waals surface area contributed by atoms with Gasteiger partial charge in [-0.25, -0.2) is 9.97 Å². The molecular formula is C7H4IN3OS. The standard InChI is InChI=1S/C7H4IN3OS/c8-13-11-2-1-5-6(3-12)9-4-10-7(5)11/h1-4H. The topological polar surface area (TPSA) is 47.8 Å². The van der Waals surface area contributed by atoms with Crippen LogP contribution in [0.5, 0.6) is 0 Å². The van der Waals surface area contributed by atoms with E-state index in [1.54, 1.807) is 0 Å². The third-order valence-electron chi connectivity index (χ3n) is 1.67. The predicted molar refractivity (Wildman–Crippen MR) is 59.9 cm³/mol. The van der Waals surface area contributed by atoms with Crippen molar-refractivity contribution in [3.05, 3.63) is 24.3 Å². The molecule has 0 radical (unpaired) electrons. The number of aromatic nitrogens is 3. The summed E-state index contributed by atoms with van der Waals surface area (Å²) in [6.45, 7) is 0. The van der Waals surface area contributed by atoms with Crippen LogP contribution < -0.4 is 0 Å². The van der Waals surface area contributed by atoms with Crippen LogP contribution in [-0.2, 0) is 0 Å². The largest absolute Gasteiger partial charge is 0.296 e. The minimum atomic E-state index is 0.439. The molecule has 0 aliphatic rings. The highest BCUT2D eigenvalue weighted by molar-refractivity contribution is 14.2. The van der Waals surface area contributed by atoms with Gasteiger partial charge < -0.3 is 0 Å². The highest BCUT2D eigenvalue weighted by Gasteiger charge is 2.06. The molecular weight excluding hydrogens is 301 g/mol. The molecule has 0 aliphatic heterocycles. The zero-order valence-corrected chi connectivity index (χ0v) is 9.32. The second kappa shape index (κ2) is 3.62. The first kappa shape index (κ1) is 8.95. The number of aldehydes is 1. The lowest BCUT2D eigenvalue weighted by Gasteiger charge is -1.96. The molecule has 0 aromatic carbocycles. The van der Waals surface area contributed by atoms with E-state index in [1.807, 2.05) is 16.2 Å². The first-order valence-electron chi connectivity index (χ1n) is 3.43. The summed E-state index contributed by atoms with van der Waals surface area (Å²) in [5, 5.41) is 0.793. The van der Waals surface area contributed by atoms with E-state index in [2.05, 4.69) is 31.2 Å². The fourth-order valence-electron chi connectivity index (χ4n) is 1.10. The molecule has 0 saturated carbocycles. The predicted octanol–water partition coefficient (Wildman–Crippen LogP) is 2.09. The Bertz CT molecular complexity index is 456. The maximum Gasteiger partial charge on any atom is 0.169 e. The first-order chi connectivity index (χ1) is 6.36. The lowest BCUT2D eigenvalue weighted by Crippen LogP contribution is -1.91. The van der Waals surface area contributed by atoms with E-state index in [9.17, 15) is 4.79 Å². The van der Waals surface area contributed by atoms with Gasteiger partial charge in [-0.15, -0.1) is 0 Å². The zero-order chi connectivity index (χ0) is 9.26. The van der Waals surface area contributed by atoms with Gasteiger partial charge in [0.2, 0.25) is 0 Å². The molecule has 2 heterocycles. The molecule has 6 heteroatoms. The van der Waals surface area contributed by atoms with Crippen LogP contribution in [0.2, 0.25) is 0 Å². The van der Waals surface area contributed by atoms with Crippen LogP contribution in [0.4, 0.5) is 0 Å². The summed E-state index contributed by atoms with van der Waals surface area (Å²) in [6.07, 6.45) is 4.01. The Labute approximate surface area is 90.5 Å². The van der Waals surface area contributed by atoms with Crippen molar-refractivity contribution in [3.63, 3.8) is 0 Å². The Kier molecular flexibility index (Phi) is 2.49. The SMILES string of the molecule is O=Cc1ncnc2c1ccn2SI. The van der Waals surface area contributed by atoms with E-state index in [4.69, 9.17) is 0 Å². The second-order valence-electron chi connectivity index (χ2n) is 2.32. The minimum Gasteiger partial charge on any atom is -0.296 e. The first-order valence-corrected chi connectivity index (χ1v) is 6.74. The van der Waals surface area contributed by atoms with Gasteiger partial charge in [-0.3, -0.25) is 8.77 Å². The Morgan fingerprint density at radius 2 is 2.38 bits per heavy atom. The minimum absolute atomic E-state index is 0.439. The summed E-state index contributed by atoms with van der Waals surface area (Å²) in [6, 6.07) is 1.84. The Hall–Kier alpha value is -0.630. The third kappa shape index (κ3) is 1.44. The Morgan fingerprint density at radius 1 is 1.54 bits per heavy atom. The second-order valence-corrected chi connectivity index (χ2v) is 4.04. The molecule has 0 aliphatic carbocycles. The van der Waals surface area contributed by atoms with Crippen molar-refractivity contribution in [2.45, 2.75) is 0 Å². The lowest BCUT2D eigenvalue weighted by atomic mass is 10.3. The van der Waals surface area contributed by atoms with E-state index in [-0.39, 0.29) is 0 Å². The number of fused-ring (bicyclic) bond motifs is 1. The van der Waals surface area contributed by atoms with Gasteiger partial charge in [0.25, 0.3) is 0 Å². The molecule has 0 unspecified atom stereocenters. The monoisotopic (exact) mass is 305 g/mol. The molecule has 0 fully saturated rings. The molecule has 4 nitrogen and oxygen atoms in total. The van der Waals surface area contributed by atoms with Crippen LogP contribution in [0.15, 0.2) is 18.6 Å². The molecule has 0 amide bonds. The molecule has 0 bridgehead atoms. The normalized spacial score (nSPS) is 10.5. The van der Waals surface area contributed by atoms with Gasteiger partial charge in [0.15, 0.2) is 11.9 Å². The smallest absolute Gasteiger partial charge is 0.169 e. The highest BCUT2D eigenvalue weighted by Crippen LogP contribution is 2.23. The van der Waals surface area contributed by atoms with Crippen molar-refractivity contribution in [1.29, 1.82) is 0 Å². The summed E-state index contributed by atoms with van der Waals surface area (Å²) in [7, 11) is 1.50. The van der Waals surface area contributed by atoms with E-state index >= 15 is 0 Å². The molecule has 2 aromatic rings. The van der Waals surface area contributed by atoms with Gasteiger partial charge in [0, 0.05) is 41.9 Å². The number of carbonyl (C=O) groups is 1. The van der Waals surface area contributed by atoms with Crippen molar-refractivity contribution in [1.82, 2.24) is 13.9 Å². The summed E-state index contributed by atoms with van der Waals surface area (Å²) >= 11 is 2.15. The molecule has 13 heavy (non-hydrogen) atoms. The molecule has 66 valence electrons. The maximum absolute atomic E-state index is 10.6. The van der Waals surface area contributed by atoms with Crippen molar-refractivity contribution in [2.75, 3.05) is 0 Å². The molecule has 0 saturated heterocycles. The van der Waals surface area contributed by atoms with Crippen molar-refractivity contribution >= 4 is 47.6 Å². The van der Waals surface area contributed by atoms with Gasteiger partial charge in [0.1, 0.15) is 12.0 Å². The summed E-state index contributed by atoms with van der Waals surface area (Å²) in [5.41, 5.74) is 1.21. The average Bonchev–Trinajstić information content (AvgIpc) is 2.60. The van der Waals surface area contributed by atoms with Crippen molar-refractivity contribution in [3.8, 4) is 0 Å². The van der Waals surface area contributed by atoms with Crippen molar-refractivity contribution < 1.29 is 4.79 Å². The summed E-state index contributed by atoms with van der Waals surface area (Å²) < 4.78 is 1.88. The molecule has 0 N–H and O–H groups in total. The van der Waals surface area contributed by atoms with Crippen LogP contribution in [0, 0.1) is 0 Å². The molecule has 0 atom stereocenters. The number of halogens is 1. The van der Waals surface area contributed by atoms with Crippen LogP contribution in [0.25, 0.3) is 11.0 Å². The number of carbonyl (C=O) groups excluding carboxylic acids is 1. The van der Waals surface area contributed by atoms with Crippen LogP contribution >= 0.6 is 30.3 Å². The van der Waals surface area contributed by atoms with Crippen LogP contribution in [0.3, 0.4) is 0 Å². The van der Waals surface area contributed by atoms with Crippen LogP contribution in [-0.4, -0.2) is 20.2 Å². The van der Waals surface area contributed by atoms with Gasteiger partial charge in [-0.05, 0) is 6.07 Å². The maximum atomic E-state index is 10.6. The Morgan fingerprint density at radius 3 is 3.08 bits per heavy atom. The number of hydrogen-bond donors (Lipinski definition) is 0. The Balaban J connectivity index is 2.79.